The summed E-state index contributed by atoms with van der Waals surface area (Å²) in [5.41, 5.74) is 6.15. The van der Waals surface area contributed by atoms with Crippen molar-refractivity contribution >= 4 is 11.8 Å². The van der Waals surface area contributed by atoms with Gasteiger partial charge in [0.25, 0.3) is 11.8 Å². The van der Waals surface area contributed by atoms with Crippen LogP contribution in [0.5, 0.6) is 0 Å². The van der Waals surface area contributed by atoms with E-state index in [0.29, 0.717) is 11.1 Å². The number of benzene rings is 2. The lowest BCUT2D eigenvalue weighted by molar-refractivity contribution is 0.0425. The molecule has 2 aromatic carbocycles. The Morgan fingerprint density at radius 2 is 1.46 bits per heavy atom. The number of hydrazine groups is 1. The summed E-state index contributed by atoms with van der Waals surface area (Å²) in [7, 11) is 0. The van der Waals surface area contributed by atoms with Crippen molar-refractivity contribution in [3.63, 3.8) is 0 Å². The molecule has 0 heterocycles. The minimum Gasteiger partial charge on any atom is -0.267 e. The minimum absolute atomic E-state index is 0.0139. The van der Waals surface area contributed by atoms with Crippen LogP contribution in [0.4, 0.5) is 0 Å². The first-order valence-corrected chi connectivity index (χ1v) is 9.91. The normalized spacial score (nSPS) is 12.5. The molecule has 0 aliphatic carbocycles. The van der Waals surface area contributed by atoms with Crippen LogP contribution in [0.1, 0.15) is 72.4 Å². The van der Waals surface area contributed by atoms with Crippen LogP contribution < -0.4 is 5.43 Å². The Morgan fingerprint density at radius 3 is 1.96 bits per heavy atom. The monoisotopic (exact) mass is 380 g/mol. The predicted molar refractivity (Wildman–Crippen MR) is 114 cm³/mol. The van der Waals surface area contributed by atoms with Crippen molar-refractivity contribution in [2.24, 2.45) is 5.41 Å². The maximum Gasteiger partial charge on any atom is 0.275 e. The topological polar surface area (TPSA) is 49.4 Å². The molecule has 0 spiro atoms. The van der Waals surface area contributed by atoms with Gasteiger partial charge >= 0.3 is 0 Å². The fraction of sp³-hybridized carbons (Fsp3) is 0.417. The highest BCUT2D eigenvalue weighted by atomic mass is 16.2. The summed E-state index contributed by atoms with van der Waals surface area (Å²) < 4.78 is 0. The Kier molecular flexibility index (Phi) is 7.14. The van der Waals surface area contributed by atoms with Crippen molar-refractivity contribution in [3.8, 4) is 0 Å². The van der Waals surface area contributed by atoms with E-state index >= 15 is 0 Å². The van der Waals surface area contributed by atoms with E-state index in [-0.39, 0.29) is 23.3 Å². The van der Waals surface area contributed by atoms with Crippen LogP contribution in [0.3, 0.4) is 0 Å². The number of hydrogen-bond acceptors (Lipinski definition) is 3. The van der Waals surface area contributed by atoms with E-state index in [1.807, 2.05) is 38.1 Å². The summed E-state index contributed by atoms with van der Waals surface area (Å²) in [4.78, 5) is 26.6. The van der Waals surface area contributed by atoms with E-state index in [1.165, 1.54) is 5.01 Å². The van der Waals surface area contributed by atoms with Gasteiger partial charge in [0.15, 0.2) is 0 Å². The highest BCUT2D eigenvalue weighted by molar-refractivity contribution is 6.10. The lowest BCUT2D eigenvalue weighted by Crippen LogP contribution is -2.55. The third-order valence-corrected chi connectivity index (χ3v) is 4.80. The van der Waals surface area contributed by atoms with Crippen LogP contribution in [0.15, 0.2) is 48.5 Å². The first kappa shape index (κ1) is 21.8. The molecule has 0 bridgehead atoms. The van der Waals surface area contributed by atoms with Gasteiger partial charge in [-0.25, -0.2) is 10.4 Å². The third kappa shape index (κ3) is 5.52. The zero-order chi connectivity index (χ0) is 20.9. The molecule has 0 aromatic heterocycles. The summed E-state index contributed by atoms with van der Waals surface area (Å²) in [5.74, 6) is -0.666. The quantitative estimate of drug-likeness (QED) is 0.546. The van der Waals surface area contributed by atoms with Gasteiger partial charge in [-0.15, -0.1) is 0 Å². The average molecular weight is 381 g/mol. The molecule has 0 aliphatic heterocycles. The molecular weight excluding hydrogens is 348 g/mol. The molecule has 2 aromatic rings. The van der Waals surface area contributed by atoms with E-state index < -0.39 is 0 Å². The molecule has 4 nitrogen and oxygen atoms in total. The standard InChI is InChI=1S/C24H32N2O2/c1-7-11-21(24(4,5)6)25-26(22(27)19-12-9-8-10-13-19)23(28)20-15-17(2)14-18(3)16-20/h8-10,12-16,21,25H,7,11H2,1-6H3/t21-/m1/s1. The summed E-state index contributed by atoms with van der Waals surface area (Å²) in [6, 6.07) is 14.6. The Morgan fingerprint density at radius 1 is 0.929 bits per heavy atom. The van der Waals surface area contributed by atoms with Gasteiger partial charge in [-0.2, -0.15) is 0 Å². The molecule has 0 fully saturated rings. The number of nitrogens with zero attached hydrogens (tertiary/aromatic N) is 1. The average Bonchev–Trinajstić information content (AvgIpc) is 2.63. The fourth-order valence-electron chi connectivity index (χ4n) is 3.28. The molecule has 0 saturated carbocycles. The lowest BCUT2D eigenvalue weighted by atomic mass is 9.84. The number of hydrogen-bond donors (Lipinski definition) is 1. The number of imide groups is 1. The van der Waals surface area contributed by atoms with Crippen molar-refractivity contribution in [2.75, 3.05) is 0 Å². The second-order valence-electron chi connectivity index (χ2n) is 8.52. The largest absolute Gasteiger partial charge is 0.275 e. The Hall–Kier alpha value is -2.46. The molecule has 0 saturated heterocycles. The van der Waals surface area contributed by atoms with Crippen LogP contribution in [0.2, 0.25) is 0 Å². The summed E-state index contributed by atoms with van der Waals surface area (Å²) >= 11 is 0. The van der Waals surface area contributed by atoms with Crippen molar-refractivity contribution in [3.05, 3.63) is 70.8 Å². The SMILES string of the molecule is CCC[C@@H](NN(C(=O)c1ccccc1)C(=O)c1cc(C)cc(C)c1)C(C)(C)C. The van der Waals surface area contributed by atoms with Crippen LogP contribution in [-0.4, -0.2) is 22.9 Å². The predicted octanol–water partition coefficient (Wildman–Crippen LogP) is 5.31. The van der Waals surface area contributed by atoms with Crippen molar-refractivity contribution in [2.45, 2.75) is 60.4 Å². The van der Waals surface area contributed by atoms with Gasteiger partial charge in [0, 0.05) is 17.2 Å². The first-order valence-electron chi connectivity index (χ1n) is 9.91. The number of aryl methyl sites for hydroxylation is 2. The zero-order valence-corrected chi connectivity index (χ0v) is 17.9. The molecule has 2 amide bonds. The molecule has 0 radical (unpaired) electrons. The van der Waals surface area contributed by atoms with E-state index in [4.69, 9.17) is 0 Å². The molecule has 150 valence electrons. The van der Waals surface area contributed by atoms with E-state index in [0.717, 1.165) is 24.0 Å². The highest BCUT2D eigenvalue weighted by Crippen LogP contribution is 2.24. The molecular formula is C24H32N2O2. The van der Waals surface area contributed by atoms with E-state index in [9.17, 15) is 9.59 Å². The zero-order valence-electron chi connectivity index (χ0n) is 17.9. The van der Waals surface area contributed by atoms with Gasteiger partial charge in [0.2, 0.25) is 0 Å². The number of nitrogens with one attached hydrogen (secondary N) is 1. The number of carbonyl (C=O) groups is 2. The number of amides is 2. The first-order chi connectivity index (χ1) is 13.1. The van der Waals surface area contributed by atoms with Gasteiger partial charge < -0.3 is 0 Å². The third-order valence-electron chi connectivity index (χ3n) is 4.80. The van der Waals surface area contributed by atoms with Crippen LogP contribution in [0, 0.1) is 19.3 Å². The number of carbonyl (C=O) groups excluding carboxylic acids is 2. The van der Waals surface area contributed by atoms with Crippen LogP contribution >= 0.6 is 0 Å². The summed E-state index contributed by atoms with van der Waals surface area (Å²) in [6.45, 7) is 12.4. The maximum atomic E-state index is 13.4. The summed E-state index contributed by atoms with van der Waals surface area (Å²) in [6.07, 6.45) is 1.82. The molecule has 0 unspecified atom stereocenters. The number of rotatable bonds is 6. The van der Waals surface area contributed by atoms with Gasteiger partial charge in [-0.05, 0) is 49.9 Å². The molecule has 0 aliphatic rings. The van der Waals surface area contributed by atoms with Gasteiger partial charge in [0.05, 0.1) is 0 Å². The molecule has 28 heavy (non-hydrogen) atoms. The smallest absolute Gasteiger partial charge is 0.267 e. The summed E-state index contributed by atoms with van der Waals surface area (Å²) in [5, 5.41) is 1.20. The highest BCUT2D eigenvalue weighted by Gasteiger charge is 2.31. The van der Waals surface area contributed by atoms with Crippen LogP contribution in [-0.2, 0) is 0 Å². The van der Waals surface area contributed by atoms with Crippen molar-refractivity contribution in [1.82, 2.24) is 10.4 Å². The molecule has 1 N–H and O–H groups in total. The van der Waals surface area contributed by atoms with Crippen molar-refractivity contribution < 1.29 is 9.59 Å². The maximum absolute atomic E-state index is 13.4. The second kappa shape index (κ2) is 9.16. The molecule has 4 heteroatoms. The van der Waals surface area contributed by atoms with Crippen LogP contribution in [0.25, 0.3) is 0 Å². The fourth-order valence-corrected chi connectivity index (χ4v) is 3.28. The molecule has 1 atom stereocenters. The minimum atomic E-state index is -0.338. The van der Waals surface area contributed by atoms with Crippen molar-refractivity contribution in [1.29, 1.82) is 0 Å². The van der Waals surface area contributed by atoms with E-state index in [2.05, 4.69) is 33.1 Å². The van der Waals surface area contributed by atoms with E-state index in [1.54, 1.807) is 24.3 Å². The van der Waals surface area contributed by atoms with Gasteiger partial charge in [-0.3, -0.25) is 9.59 Å². The lowest BCUT2D eigenvalue weighted by Gasteiger charge is -2.35. The Balaban J connectivity index is 2.45. The molecule has 2 rings (SSSR count). The van der Waals surface area contributed by atoms with Gasteiger partial charge in [0.1, 0.15) is 0 Å². The second-order valence-corrected chi connectivity index (χ2v) is 8.52. The Labute approximate surface area is 168 Å². The Bertz CT molecular complexity index is 802. The van der Waals surface area contributed by atoms with Gasteiger partial charge in [-0.1, -0.05) is 69.5 Å².